The van der Waals surface area contributed by atoms with Gasteiger partial charge in [-0.1, -0.05) is 6.92 Å². The highest BCUT2D eigenvalue weighted by Gasteiger charge is 2.36. The van der Waals surface area contributed by atoms with Gasteiger partial charge in [0.1, 0.15) is 28.8 Å². The Balaban J connectivity index is 1.38. The summed E-state index contributed by atoms with van der Waals surface area (Å²) in [5, 5.41) is 13.7. The van der Waals surface area contributed by atoms with Crippen LogP contribution in [0, 0.1) is 23.4 Å². The third kappa shape index (κ3) is 6.40. The summed E-state index contributed by atoms with van der Waals surface area (Å²) in [6.07, 6.45) is 2.69. The number of ether oxygens (including phenoxy) is 2. The van der Waals surface area contributed by atoms with E-state index < -0.39 is 52.2 Å². The van der Waals surface area contributed by atoms with Gasteiger partial charge in [0.25, 0.3) is 0 Å². The highest BCUT2D eigenvalue weighted by atomic mass is 19.1. The van der Waals surface area contributed by atoms with E-state index in [0.29, 0.717) is 24.3 Å². The summed E-state index contributed by atoms with van der Waals surface area (Å²) in [6, 6.07) is 5.04. The fourth-order valence-electron chi connectivity index (χ4n) is 5.93. The van der Waals surface area contributed by atoms with E-state index in [2.05, 4.69) is 15.3 Å². The lowest BCUT2D eigenvalue weighted by molar-refractivity contribution is -0.0682. The number of ketones is 1. The third-order valence-corrected chi connectivity index (χ3v) is 8.32. The number of Topliss-reactive ketones (excluding diaryl/α,β-unsaturated/α-hetero) is 1. The standard InChI is InChI=1S/C31H34F3N5O5/c1-17-15-39(16-23(35)28(17)38-30(41)43-2)25-5-8-36-14-18(25)11-26(40)24-4-3-20(32)29(37-24)27-21(33)12-19(13-22(27)34)31(42)6-9-44-10-7-31/h3-5,8,12-14,17,23,28,42H,6-7,9-11,15-16,35H2,1-2H3,(H,38,41)/t17-,23+,28-/m0/s1. The minimum atomic E-state index is -1.47. The fourth-order valence-corrected chi connectivity index (χ4v) is 5.93. The number of carbonyl (C=O) groups excluding carboxylic acids is 2. The van der Waals surface area contributed by atoms with Crippen LogP contribution in [0.1, 0.15) is 41.4 Å². The summed E-state index contributed by atoms with van der Waals surface area (Å²) < 4.78 is 55.4. The SMILES string of the molecule is COC(=O)N[C@@H]1[C@H](N)CN(c2ccncc2CC(=O)c2ccc(F)c(-c3c(F)cc(C4(O)CCOCC4)cc3F)n2)C[C@@H]1C. The van der Waals surface area contributed by atoms with Crippen molar-refractivity contribution in [1.29, 1.82) is 0 Å². The number of halogens is 3. The highest BCUT2D eigenvalue weighted by Crippen LogP contribution is 2.36. The molecule has 0 bridgehead atoms. The van der Waals surface area contributed by atoms with E-state index in [4.69, 9.17) is 15.2 Å². The van der Waals surface area contributed by atoms with Crippen LogP contribution >= 0.6 is 0 Å². The number of alkyl carbamates (subject to hydrolysis) is 1. The average molecular weight is 614 g/mol. The molecule has 1 amide bonds. The van der Waals surface area contributed by atoms with Gasteiger partial charge in [-0.25, -0.2) is 22.9 Å². The predicted octanol–water partition coefficient (Wildman–Crippen LogP) is 3.49. The summed E-state index contributed by atoms with van der Waals surface area (Å²) in [7, 11) is 1.28. The number of rotatable bonds is 7. The molecule has 0 saturated carbocycles. The second-order valence-corrected chi connectivity index (χ2v) is 11.3. The monoisotopic (exact) mass is 613 g/mol. The molecule has 2 saturated heterocycles. The van der Waals surface area contributed by atoms with Gasteiger partial charge in [0.2, 0.25) is 0 Å². The number of carbonyl (C=O) groups is 2. The van der Waals surface area contributed by atoms with Gasteiger partial charge >= 0.3 is 6.09 Å². The molecule has 3 aromatic rings. The number of nitrogens with one attached hydrogen (secondary N) is 1. The first-order valence-corrected chi connectivity index (χ1v) is 14.3. The average Bonchev–Trinajstić information content (AvgIpc) is 2.99. The number of pyridine rings is 2. The van der Waals surface area contributed by atoms with Crippen molar-refractivity contribution in [3.8, 4) is 11.3 Å². The zero-order valence-electron chi connectivity index (χ0n) is 24.4. The van der Waals surface area contributed by atoms with Gasteiger partial charge in [-0.05, 0) is 41.8 Å². The molecule has 44 heavy (non-hydrogen) atoms. The molecule has 2 aliphatic rings. The Hall–Kier alpha value is -4.07. The molecule has 2 aromatic heterocycles. The molecule has 0 spiro atoms. The number of aliphatic hydroxyl groups is 1. The van der Waals surface area contributed by atoms with Gasteiger partial charge in [0, 0.05) is 75.3 Å². The minimum Gasteiger partial charge on any atom is -0.453 e. The van der Waals surface area contributed by atoms with Crippen LogP contribution in [0.4, 0.5) is 23.7 Å². The number of piperidine rings is 1. The van der Waals surface area contributed by atoms with Crippen LogP contribution in [0.25, 0.3) is 11.3 Å². The first-order chi connectivity index (χ1) is 21.0. The summed E-state index contributed by atoms with van der Waals surface area (Å²) in [4.78, 5) is 35.4. The van der Waals surface area contributed by atoms with E-state index in [1.807, 2.05) is 11.8 Å². The second-order valence-electron chi connectivity index (χ2n) is 11.3. The summed E-state index contributed by atoms with van der Waals surface area (Å²) in [6.45, 7) is 3.30. The van der Waals surface area contributed by atoms with Crippen LogP contribution in [0.5, 0.6) is 0 Å². The van der Waals surface area contributed by atoms with Crippen LogP contribution in [0.15, 0.2) is 42.7 Å². The lowest BCUT2D eigenvalue weighted by Crippen LogP contribution is -2.62. The first kappa shape index (κ1) is 31.4. The molecule has 1 aromatic carbocycles. The van der Waals surface area contributed by atoms with Gasteiger partial charge < -0.3 is 30.5 Å². The number of hydrogen-bond acceptors (Lipinski definition) is 9. The molecule has 3 atom stereocenters. The smallest absolute Gasteiger partial charge is 0.407 e. The molecule has 10 nitrogen and oxygen atoms in total. The molecule has 0 unspecified atom stereocenters. The van der Waals surface area contributed by atoms with Crippen LogP contribution in [-0.4, -0.2) is 72.4 Å². The summed E-state index contributed by atoms with van der Waals surface area (Å²) in [5.41, 5.74) is 4.63. The lowest BCUT2D eigenvalue weighted by Gasteiger charge is -2.42. The van der Waals surface area contributed by atoms with Gasteiger partial charge in [0.05, 0.1) is 24.3 Å². The Bertz CT molecular complexity index is 1520. The zero-order valence-corrected chi connectivity index (χ0v) is 24.4. The molecule has 2 aliphatic heterocycles. The number of nitrogens with two attached hydrogens (primary N) is 1. The number of benzene rings is 1. The molecule has 0 aliphatic carbocycles. The Labute approximate surface area is 252 Å². The number of aromatic nitrogens is 2. The zero-order chi connectivity index (χ0) is 31.6. The Kier molecular flexibility index (Phi) is 9.18. The van der Waals surface area contributed by atoms with Crippen molar-refractivity contribution in [2.75, 3.05) is 38.3 Å². The van der Waals surface area contributed by atoms with E-state index in [-0.39, 0.29) is 55.7 Å². The molecule has 5 rings (SSSR count). The predicted molar refractivity (Wildman–Crippen MR) is 154 cm³/mol. The quantitative estimate of drug-likeness (QED) is 0.342. The van der Waals surface area contributed by atoms with Crippen LogP contribution in [0.2, 0.25) is 0 Å². The molecule has 13 heteroatoms. The maximum Gasteiger partial charge on any atom is 0.407 e. The van der Waals surface area contributed by atoms with Crippen LogP contribution in [0.3, 0.4) is 0 Å². The Morgan fingerprint density at radius 2 is 1.84 bits per heavy atom. The van der Waals surface area contributed by atoms with Crippen molar-refractivity contribution in [2.24, 2.45) is 11.7 Å². The van der Waals surface area contributed by atoms with E-state index in [1.165, 1.54) is 13.3 Å². The van der Waals surface area contributed by atoms with E-state index in [9.17, 15) is 19.1 Å². The van der Waals surface area contributed by atoms with Crippen molar-refractivity contribution in [3.05, 3.63) is 77.0 Å². The molecule has 2 fully saturated rings. The number of hydrogen-bond donors (Lipinski definition) is 3. The van der Waals surface area contributed by atoms with Crippen molar-refractivity contribution in [3.63, 3.8) is 0 Å². The third-order valence-electron chi connectivity index (χ3n) is 8.32. The minimum absolute atomic E-state index is 0.0236. The lowest BCUT2D eigenvalue weighted by atomic mass is 9.85. The summed E-state index contributed by atoms with van der Waals surface area (Å²) in [5.74, 6) is -3.80. The van der Waals surface area contributed by atoms with Crippen molar-refractivity contribution in [2.45, 2.75) is 43.9 Å². The fraction of sp³-hybridized carbons (Fsp3) is 0.419. The molecular weight excluding hydrogens is 579 g/mol. The number of anilines is 1. The normalized spacial score (nSPS) is 21.5. The van der Waals surface area contributed by atoms with Gasteiger partial charge in [-0.15, -0.1) is 0 Å². The maximum absolute atomic E-state index is 15.3. The van der Waals surface area contributed by atoms with Crippen LogP contribution < -0.4 is 16.0 Å². The highest BCUT2D eigenvalue weighted by molar-refractivity contribution is 5.97. The van der Waals surface area contributed by atoms with Crippen molar-refractivity contribution >= 4 is 17.6 Å². The van der Waals surface area contributed by atoms with E-state index in [1.54, 1.807) is 12.3 Å². The molecule has 4 N–H and O–H groups in total. The van der Waals surface area contributed by atoms with Crippen molar-refractivity contribution in [1.82, 2.24) is 15.3 Å². The topological polar surface area (TPSA) is 140 Å². The van der Waals surface area contributed by atoms with E-state index >= 15 is 8.78 Å². The number of amides is 1. The molecule has 0 radical (unpaired) electrons. The van der Waals surface area contributed by atoms with Crippen LogP contribution in [-0.2, 0) is 21.5 Å². The molecule has 234 valence electrons. The number of nitrogens with zero attached hydrogens (tertiary/aromatic N) is 3. The Morgan fingerprint density at radius 1 is 1.14 bits per heavy atom. The van der Waals surface area contributed by atoms with Gasteiger partial charge in [-0.2, -0.15) is 0 Å². The number of methoxy groups -OCH3 is 1. The molecular formula is C31H34F3N5O5. The summed E-state index contributed by atoms with van der Waals surface area (Å²) >= 11 is 0. The van der Waals surface area contributed by atoms with Crippen molar-refractivity contribution < 1.29 is 37.3 Å². The second kappa shape index (κ2) is 12.9. The van der Waals surface area contributed by atoms with E-state index in [0.717, 1.165) is 24.3 Å². The molecule has 4 heterocycles. The first-order valence-electron chi connectivity index (χ1n) is 14.3. The largest absolute Gasteiger partial charge is 0.453 e. The van der Waals surface area contributed by atoms with Gasteiger partial charge in [-0.3, -0.25) is 9.78 Å². The maximum atomic E-state index is 15.3. The van der Waals surface area contributed by atoms with Gasteiger partial charge in [0.15, 0.2) is 5.78 Å². The Morgan fingerprint density at radius 3 is 2.50 bits per heavy atom.